The number of rotatable bonds is 9. The van der Waals surface area contributed by atoms with Crippen LogP contribution >= 0.6 is 18.5 Å². The number of thioether (sulfide) groups is 1. The molecule has 0 bridgehead atoms. The quantitative estimate of drug-likeness (QED) is 0.473. The molecule has 0 saturated heterocycles. The lowest BCUT2D eigenvalue weighted by atomic mass is 10.9. The molecule has 0 radical (unpaired) electrons. The summed E-state index contributed by atoms with van der Waals surface area (Å²) in [5.74, 6) is 1.11. The molecule has 0 aromatic heterocycles. The van der Waals surface area contributed by atoms with Gasteiger partial charge >= 0.3 is 6.72 Å². The van der Waals surface area contributed by atoms with Crippen LogP contribution in [0.3, 0.4) is 0 Å². The van der Waals surface area contributed by atoms with E-state index in [9.17, 15) is 0 Å². The molecule has 0 spiro atoms. The molecule has 86 valence electrons. The monoisotopic (exact) mass is 268 g/mol. The van der Waals surface area contributed by atoms with Crippen molar-refractivity contribution in [3.05, 3.63) is 0 Å². The molecule has 3 nitrogen and oxygen atoms in total. The second kappa shape index (κ2) is 9.13. The Kier molecular flexibility index (Phi) is 3.28. The first-order chi connectivity index (χ1) is 10.5. The van der Waals surface area contributed by atoms with Gasteiger partial charge in [0.2, 0.25) is 0 Å². The fraction of sp³-hybridized carbons (Fsp3) is 1.00. The summed E-state index contributed by atoms with van der Waals surface area (Å²) in [6.45, 7) is -15.7. The van der Waals surface area contributed by atoms with E-state index < -0.39 is 33.5 Å². The maximum absolute atomic E-state index is 7.43. The summed E-state index contributed by atoms with van der Waals surface area (Å²) in [5, 5.41) is 0. The normalized spacial score (nSPS) is 26.4. The van der Waals surface area contributed by atoms with Crippen LogP contribution in [0.4, 0.5) is 0 Å². The molecule has 0 saturated carbocycles. The zero-order valence-electron chi connectivity index (χ0n) is 17.6. The SMILES string of the molecule is [2H]C([2H])([2H])C([2H])([2H])OP(=S)(OCCSCC)OC([2H])([2H])C([2H])([2H])[2H]. The van der Waals surface area contributed by atoms with Crippen LogP contribution < -0.4 is 0 Å². The van der Waals surface area contributed by atoms with Gasteiger partial charge in [-0.25, -0.2) is 0 Å². The molecule has 0 unspecified atom stereocenters. The zero-order valence-corrected chi connectivity index (χ0v) is 10.1. The van der Waals surface area contributed by atoms with Gasteiger partial charge in [0.05, 0.1) is 25.2 Å². The molecule has 0 aliphatic heterocycles. The van der Waals surface area contributed by atoms with Gasteiger partial charge in [0.15, 0.2) is 0 Å². The summed E-state index contributed by atoms with van der Waals surface area (Å²) in [6, 6.07) is 0. The second-order valence-corrected chi connectivity index (χ2v) is 6.12. The molecular formula is C8H19O3PS2. The van der Waals surface area contributed by atoms with Crippen molar-refractivity contribution in [3.8, 4) is 0 Å². The lowest BCUT2D eigenvalue weighted by Gasteiger charge is -2.20. The molecule has 14 heavy (non-hydrogen) atoms. The fourth-order valence-electron chi connectivity index (χ4n) is 0.535. The molecule has 0 amide bonds. The molecular weight excluding hydrogens is 239 g/mol. The highest BCUT2D eigenvalue weighted by Gasteiger charge is 2.18. The van der Waals surface area contributed by atoms with Crippen molar-refractivity contribution in [1.82, 2.24) is 0 Å². The van der Waals surface area contributed by atoms with Crippen molar-refractivity contribution >= 4 is 30.3 Å². The molecule has 0 aromatic rings. The summed E-state index contributed by atoms with van der Waals surface area (Å²) in [7, 11) is 0. The summed E-state index contributed by atoms with van der Waals surface area (Å²) in [6.07, 6.45) is 0. The van der Waals surface area contributed by atoms with Gasteiger partial charge in [-0.05, 0) is 31.3 Å². The maximum atomic E-state index is 7.43. The van der Waals surface area contributed by atoms with E-state index >= 15 is 0 Å². The molecule has 6 heteroatoms. The van der Waals surface area contributed by atoms with Crippen molar-refractivity contribution in [3.63, 3.8) is 0 Å². The smallest absolute Gasteiger partial charge is 0.309 e. The van der Waals surface area contributed by atoms with Crippen molar-refractivity contribution in [2.24, 2.45) is 0 Å². The Balaban J connectivity index is 5.42. The van der Waals surface area contributed by atoms with Gasteiger partial charge in [-0.3, -0.25) is 0 Å². The second-order valence-electron chi connectivity index (χ2n) is 1.86. The van der Waals surface area contributed by atoms with Gasteiger partial charge in [0.25, 0.3) is 0 Å². The molecule has 0 N–H and O–H groups in total. The molecule has 0 aliphatic carbocycles. The summed E-state index contributed by atoms with van der Waals surface area (Å²) < 4.78 is 86.7. The minimum atomic E-state index is -4.35. The molecule has 0 aliphatic rings. The van der Waals surface area contributed by atoms with E-state index in [1.807, 2.05) is 6.92 Å². The lowest BCUT2D eigenvalue weighted by Crippen LogP contribution is -2.02. The van der Waals surface area contributed by atoms with Gasteiger partial charge < -0.3 is 13.6 Å². The molecule has 0 heterocycles. The van der Waals surface area contributed by atoms with Crippen LogP contribution in [0.5, 0.6) is 0 Å². The largest absolute Gasteiger partial charge is 0.327 e. The number of hydrogen-bond donors (Lipinski definition) is 0. The molecule has 0 aromatic carbocycles. The molecule has 0 fully saturated rings. The van der Waals surface area contributed by atoms with Crippen molar-refractivity contribution in [2.45, 2.75) is 20.6 Å². The minimum absolute atomic E-state index is 0.149. The van der Waals surface area contributed by atoms with E-state index in [1.165, 1.54) is 11.8 Å². The van der Waals surface area contributed by atoms with Crippen LogP contribution in [-0.4, -0.2) is 31.2 Å². The van der Waals surface area contributed by atoms with Crippen molar-refractivity contribution in [2.75, 3.05) is 31.2 Å². The highest BCUT2D eigenvalue weighted by Crippen LogP contribution is 2.49. The van der Waals surface area contributed by atoms with Crippen molar-refractivity contribution < 1.29 is 27.3 Å². The first-order valence-electron chi connectivity index (χ1n) is 8.71. The lowest BCUT2D eigenvalue weighted by molar-refractivity contribution is 0.174. The topological polar surface area (TPSA) is 27.7 Å². The number of hydrogen-bond acceptors (Lipinski definition) is 5. The Morgan fingerprint density at radius 2 is 2.00 bits per heavy atom. The third-order valence-electron chi connectivity index (χ3n) is 0.996. The van der Waals surface area contributed by atoms with E-state index in [1.54, 1.807) is 0 Å². The Morgan fingerprint density at radius 3 is 2.50 bits per heavy atom. The fourth-order valence-corrected chi connectivity index (χ4v) is 2.28. The van der Waals surface area contributed by atoms with Crippen molar-refractivity contribution in [1.29, 1.82) is 0 Å². The zero-order chi connectivity index (χ0) is 19.4. The van der Waals surface area contributed by atoms with Gasteiger partial charge in [-0.1, -0.05) is 6.92 Å². The standard InChI is InChI=1S/C8H19O3PS2/c1-4-9-12(13,10-5-2)11-7-8-14-6-3/h4-8H2,1-3H3/i1D3,2D3,4D2,5D2. The Hall–Kier alpha value is 0.880. The van der Waals surface area contributed by atoms with E-state index in [0.717, 1.165) is 5.75 Å². The first-order valence-corrected chi connectivity index (χ1v) is 7.42. The Morgan fingerprint density at radius 1 is 1.36 bits per heavy atom. The molecule has 0 atom stereocenters. The van der Waals surface area contributed by atoms with Crippen LogP contribution in [0.1, 0.15) is 34.3 Å². The van der Waals surface area contributed by atoms with Crippen LogP contribution in [0, 0.1) is 0 Å². The van der Waals surface area contributed by atoms with Crippen LogP contribution in [0.2, 0.25) is 0 Å². The highest BCUT2D eigenvalue weighted by atomic mass is 32.5. The van der Waals surface area contributed by atoms with E-state index in [-0.39, 0.29) is 6.61 Å². The first kappa shape index (κ1) is 5.03. The summed E-state index contributed by atoms with van der Waals surface area (Å²) >= 11 is 6.26. The van der Waals surface area contributed by atoms with E-state index in [2.05, 4.69) is 9.05 Å². The third-order valence-corrected chi connectivity index (χ3v) is 3.75. The van der Waals surface area contributed by atoms with Gasteiger partial charge in [-0.2, -0.15) is 11.8 Å². The molecule has 0 rings (SSSR count). The Labute approximate surface area is 110 Å². The predicted molar refractivity (Wildman–Crippen MR) is 66.5 cm³/mol. The van der Waals surface area contributed by atoms with Gasteiger partial charge in [-0.15, -0.1) is 0 Å². The van der Waals surface area contributed by atoms with Gasteiger partial charge in [0.1, 0.15) is 0 Å². The van der Waals surface area contributed by atoms with E-state index in [0.29, 0.717) is 5.75 Å². The van der Waals surface area contributed by atoms with E-state index in [4.69, 9.17) is 30.0 Å². The van der Waals surface area contributed by atoms with Crippen LogP contribution in [0.15, 0.2) is 0 Å². The average molecular weight is 268 g/mol. The van der Waals surface area contributed by atoms with Crippen LogP contribution in [-0.2, 0) is 25.4 Å². The average Bonchev–Trinajstić information content (AvgIpc) is 2.30. The van der Waals surface area contributed by atoms with Gasteiger partial charge in [0, 0.05) is 14.0 Å². The summed E-state index contributed by atoms with van der Waals surface area (Å²) in [5.41, 5.74) is 0. The van der Waals surface area contributed by atoms with Crippen LogP contribution in [0.25, 0.3) is 0 Å². The maximum Gasteiger partial charge on any atom is 0.327 e. The third kappa shape index (κ3) is 7.21. The highest BCUT2D eigenvalue weighted by molar-refractivity contribution is 8.07. The Bertz CT molecular complexity index is 420. The predicted octanol–water partition coefficient (Wildman–Crippen LogP) is 3.05. The minimum Gasteiger partial charge on any atom is -0.309 e. The summed E-state index contributed by atoms with van der Waals surface area (Å²) in [4.78, 5) is 0.